The van der Waals surface area contributed by atoms with E-state index in [0.717, 1.165) is 0 Å². The zero-order chi connectivity index (χ0) is 11.2. The van der Waals surface area contributed by atoms with Crippen LogP contribution in [0.4, 0.5) is 0 Å². The average molecular weight is 355 g/mol. The molecule has 0 spiro atoms. The average Bonchev–Trinajstić information content (AvgIpc) is 1.76. The Hall–Kier alpha value is 1.45. The van der Waals surface area contributed by atoms with Crippen molar-refractivity contribution in [1.82, 2.24) is 0 Å². The number of hydrogen-bond acceptors (Lipinski definition) is 1. The molecule has 1 nitrogen and oxygen atoms in total. The van der Waals surface area contributed by atoms with Crippen LogP contribution in [-0.4, -0.2) is 0 Å². The van der Waals surface area contributed by atoms with Crippen molar-refractivity contribution in [3.63, 3.8) is 0 Å². The predicted molar refractivity (Wildman–Crippen MR) is 62.9 cm³/mol. The van der Waals surface area contributed by atoms with Crippen LogP contribution in [0.2, 0.25) is 15.1 Å². The molecule has 0 aliphatic rings. The number of nitrogens with two attached hydrogens (primary N) is 1. The van der Waals surface area contributed by atoms with Gasteiger partial charge in [-0.3, -0.25) is 0 Å². The Morgan fingerprint density at radius 3 is 1.57 bits per heavy atom. The van der Waals surface area contributed by atoms with Gasteiger partial charge >= 0.3 is 111 Å². The molecule has 0 aliphatic carbocycles. The van der Waals surface area contributed by atoms with Crippen molar-refractivity contribution in [2.24, 2.45) is 4.72 Å². The van der Waals surface area contributed by atoms with Crippen LogP contribution in [0.5, 0.6) is 0 Å². The molecule has 0 amide bonds. The predicted octanol–water partition coefficient (Wildman–Crippen LogP) is 4.30. The molecule has 0 fully saturated rings. The van der Waals surface area contributed by atoms with Crippen molar-refractivity contribution in [2.75, 3.05) is 0 Å². The van der Waals surface area contributed by atoms with Crippen molar-refractivity contribution in [3.05, 3.63) is 27.2 Å². The molecule has 1 rings (SSSR count). The van der Waals surface area contributed by atoms with Gasteiger partial charge in [0.2, 0.25) is 0 Å². The van der Waals surface area contributed by atoms with Crippen LogP contribution in [0.3, 0.4) is 0 Å². The number of halogens is 6. The van der Waals surface area contributed by atoms with E-state index < -0.39 is 9.46 Å². The van der Waals surface area contributed by atoms with E-state index in [1.54, 1.807) is 0 Å². The van der Waals surface area contributed by atoms with Gasteiger partial charge in [0.1, 0.15) is 0 Å². The van der Waals surface area contributed by atoms with E-state index in [0.29, 0.717) is 5.02 Å². The van der Waals surface area contributed by atoms with E-state index in [1.807, 2.05) is 0 Å². The van der Waals surface area contributed by atoms with E-state index in [2.05, 4.69) is 0 Å². The van der Waals surface area contributed by atoms with Crippen molar-refractivity contribution in [3.8, 4) is 0 Å². The van der Waals surface area contributed by atoms with Gasteiger partial charge in [0, 0.05) is 0 Å². The molecule has 14 heavy (non-hydrogen) atoms. The number of hydrogen-bond donors (Lipinski definition) is 1. The summed E-state index contributed by atoms with van der Waals surface area (Å²) in [6.07, 6.45) is 0. The van der Waals surface area contributed by atoms with Crippen LogP contribution in [0.25, 0.3) is 0 Å². The summed E-state index contributed by atoms with van der Waals surface area (Å²) in [6.45, 7) is 0. The first-order valence-corrected chi connectivity index (χ1v) is 10.9. The van der Waals surface area contributed by atoms with Gasteiger partial charge in [0.05, 0.1) is 0 Å². The van der Waals surface area contributed by atoms with E-state index in [1.165, 1.54) is 12.1 Å². The van der Waals surface area contributed by atoms with Crippen molar-refractivity contribution >= 4 is 69.4 Å². The SMILES string of the molecule is [NH2][Cr]([Cl])([Cl])([Cl])[c]1c(Cl)cc(Cl)cc1Cl. The summed E-state index contributed by atoms with van der Waals surface area (Å²) in [4.78, 5) is 0. The Bertz CT molecular complexity index is 351. The molecule has 0 radical (unpaired) electrons. The monoisotopic (exact) mass is 352 g/mol. The maximum atomic E-state index is 5.85. The van der Waals surface area contributed by atoms with Gasteiger partial charge in [0.25, 0.3) is 0 Å². The Morgan fingerprint density at radius 1 is 0.929 bits per heavy atom. The van der Waals surface area contributed by atoms with Crippen molar-refractivity contribution in [1.29, 1.82) is 0 Å². The summed E-state index contributed by atoms with van der Waals surface area (Å²) in [5, 5.41) is 0.704. The van der Waals surface area contributed by atoms with E-state index in [9.17, 15) is 0 Å². The third-order valence-corrected chi connectivity index (χ3v) is 6.18. The second-order valence-corrected chi connectivity index (χ2v) is 16.7. The van der Waals surface area contributed by atoms with Crippen LogP contribution in [0.1, 0.15) is 0 Å². The Kier molecular flexibility index (Phi) is 3.90. The van der Waals surface area contributed by atoms with Gasteiger partial charge in [-0.25, -0.2) is 0 Å². The maximum absolute atomic E-state index is 5.85. The third-order valence-electron chi connectivity index (χ3n) is 1.31. The van der Waals surface area contributed by atoms with E-state index in [-0.39, 0.29) is 14.5 Å². The Balaban J connectivity index is 3.52. The normalized spacial score (nSPS) is 14.9. The van der Waals surface area contributed by atoms with E-state index in [4.69, 9.17) is 69.7 Å². The molecule has 0 aliphatic heterocycles. The summed E-state index contributed by atoms with van der Waals surface area (Å²) in [5.74, 6) is 0. The fourth-order valence-electron chi connectivity index (χ4n) is 0.863. The molecule has 0 aromatic heterocycles. The molecule has 0 heterocycles. The molecular formula is C6H4Cl6CrN. The molecule has 0 unspecified atom stereocenters. The molecule has 0 saturated heterocycles. The second kappa shape index (κ2) is 4.04. The standard InChI is InChI=1S/C6H2Cl3.3ClH.Cr.H2N/c7-4-1-5(8)3-6(9)2-4;;;;;/h1-2H;3*1H;;1H2/q;;;;+4;-1/p-3. The summed E-state index contributed by atoms with van der Waals surface area (Å²) in [7, 11) is 13.1. The molecule has 1 aromatic carbocycles. The molecule has 0 atom stereocenters. The van der Waals surface area contributed by atoms with Gasteiger partial charge < -0.3 is 0 Å². The van der Waals surface area contributed by atoms with Crippen molar-refractivity contribution in [2.45, 2.75) is 0 Å². The summed E-state index contributed by atoms with van der Waals surface area (Å²) in [5.41, 5.74) is 0. The topological polar surface area (TPSA) is 26.0 Å². The van der Waals surface area contributed by atoms with Gasteiger partial charge in [-0.1, -0.05) is 0 Å². The first-order valence-electron chi connectivity index (χ1n) is 3.12. The molecule has 0 bridgehead atoms. The fraction of sp³-hybridized carbons (Fsp3) is 0. The first kappa shape index (κ1) is 13.5. The van der Waals surface area contributed by atoms with Gasteiger partial charge in [0.15, 0.2) is 0 Å². The molecular weight excluding hydrogens is 351 g/mol. The Morgan fingerprint density at radius 2 is 1.29 bits per heavy atom. The zero-order valence-electron chi connectivity index (χ0n) is 6.41. The zero-order valence-corrected chi connectivity index (χ0v) is 12.2. The fourth-order valence-corrected chi connectivity index (χ4v) is 7.26. The van der Waals surface area contributed by atoms with Crippen LogP contribution >= 0.6 is 65.0 Å². The van der Waals surface area contributed by atoms with E-state index >= 15 is 0 Å². The third kappa shape index (κ3) is 3.22. The number of rotatable bonds is 1. The van der Waals surface area contributed by atoms with Crippen LogP contribution in [-0.2, 0) is 9.46 Å². The second-order valence-electron chi connectivity index (χ2n) is 2.49. The summed E-state index contributed by atoms with van der Waals surface area (Å²) >= 11 is 17.4. The van der Waals surface area contributed by atoms with Crippen LogP contribution in [0, 0.1) is 0 Å². The molecule has 8 heteroatoms. The summed E-state index contributed by atoms with van der Waals surface area (Å²) in [6, 6.07) is 2.86. The van der Waals surface area contributed by atoms with Crippen LogP contribution in [0.15, 0.2) is 12.1 Å². The van der Waals surface area contributed by atoms with Crippen molar-refractivity contribution < 1.29 is 9.46 Å². The van der Waals surface area contributed by atoms with Crippen LogP contribution < -0.4 is 9.14 Å². The first-order chi connectivity index (χ1) is 6.08. The van der Waals surface area contributed by atoms with Gasteiger partial charge in [-0.15, -0.1) is 0 Å². The molecule has 2 N–H and O–H groups in total. The quantitative estimate of drug-likeness (QED) is 0.799. The minimum atomic E-state index is -4.42. The molecule has 0 saturated carbocycles. The number of benzene rings is 1. The minimum absolute atomic E-state index is 0.169. The molecule has 81 valence electrons. The Labute approximate surface area is 110 Å². The van der Waals surface area contributed by atoms with Gasteiger partial charge in [-0.2, -0.15) is 0 Å². The van der Waals surface area contributed by atoms with Gasteiger partial charge in [-0.05, 0) is 0 Å². The summed E-state index contributed by atoms with van der Waals surface area (Å²) < 4.78 is 5.77. The molecule has 1 aromatic rings.